The standard InChI is InChI=1S/C16H24N2O2/c1-11-10-14(17)6-7-15(11)16(19)18(8-9-20-3)12(2)13-4-5-13/h6-7,10,12-13H,4-5,8-9,17H2,1-3H3. The van der Waals surface area contributed by atoms with Gasteiger partial charge in [0.15, 0.2) is 0 Å². The van der Waals surface area contributed by atoms with Crippen LogP contribution in [0.25, 0.3) is 0 Å². The van der Waals surface area contributed by atoms with Crippen molar-refractivity contribution in [3.8, 4) is 0 Å². The summed E-state index contributed by atoms with van der Waals surface area (Å²) in [5.41, 5.74) is 8.12. The molecule has 1 aromatic carbocycles. The summed E-state index contributed by atoms with van der Waals surface area (Å²) in [6.45, 7) is 5.27. The molecule has 2 N–H and O–H groups in total. The maximum atomic E-state index is 12.8. The Morgan fingerprint density at radius 3 is 2.75 bits per heavy atom. The molecule has 1 atom stereocenters. The fraction of sp³-hybridized carbons (Fsp3) is 0.562. The van der Waals surface area contributed by atoms with Gasteiger partial charge in [0.05, 0.1) is 6.61 Å². The second kappa shape index (κ2) is 6.27. The Morgan fingerprint density at radius 1 is 1.50 bits per heavy atom. The normalized spacial score (nSPS) is 15.9. The summed E-state index contributed by atoms with van der Waals surface area (Å²) in [5, 5.41) is 0. The second-order valence-corrected chi connectivity index (χ2v) is 5.64. The minimum Gasteiger partial charge on any atom is -0.399 e. The predicted octanol–water partition coefficient (Wildman–Crippen LogP) is 2.46. The van der Waals surface area contributed by atoms with E-state index in [1.54, 1.807) is 13.2 Å². The molecule has 4 heteroatoms. The van der Waals surface area contributed by atoms with E-state index in [2.05, 4.69) is 6.92 Å². The molecule has 1 unspecified atom stereocenters. The average Bonchev–Trinajstić information content (AvgIpc) is 3.22. The number of methoxy groups -OCH3 is 1. The lowest BCUT2D eigenvalue weighted by molar-refractivity contribution is 0.0594. The van der Waals surface area contributed by atoms with Crippen LogP contribution in [0.3, 0.4) is 0 Å². The molecule has 4 nitrogen and oxygen atoms in total. The third-order valence-corrected chi connectivity index (χ3v) is 4.07. The van der Waals surface area contributed by atoms with E-state index in [0.717, 1.165) is 11.1 Å². The summed E-state index contributed by atoms with van der Waals surface area (Å²) in [5.74, 6) is 0.726. The minimum absolute atomic E-state index is 0.0824. The van der Waals surface area contributed by atoms with E-state index >= 15 is 0 Å². The summed E-state index contributed by atoms with van der Waals surface area (Å²) < 4.78 is 5.14. The number of benzene rings is 1. The molecule has 1 saturated carbocycles. The Kier molecular flexibility index (Phi) is 4.65. The molecule has 0 aliphatic heterocycles. The molecule has 1 aliphatic rings. The number of nitrogens with zero attached hydrogens (tertiary/aromatic N) is 1. The molecule has 0 radical (unpaired) electrons. The summed E-state index contributed by atoms with van der Waals surface area (Å²) in [6.07, 6.45) is 2.44. The van der Waals surface area contributed by atoms with Crippen molar-refractivity contribution in [2.24, 2.45) is 5.92 Å². The number of hydrogen-bond donors (Lipinski definition) is 1. The third kappa shape index (κ3) is 3.31. The van der Waals surface area contributed by atoms with Crippen LogP contribution in [0.15, 0.2) is 18.2 Å². The van der Waals surface area contributed by atoms with Crippen molar-refractivity contribution in [3.63, 3.8) is 0 Å². The van der Waals surface area contributed by atoms with Crippen molar-refractivity contribution < 1.29 is 9.53 Å². The van der Waals surface area contributed by atoms with Gasteiger partial charge in [-0.25, -0.2) is 0 Å². The molecule has 1 aliphatic carbocycles. The molecule has 1 amide bonds. The third-order valence-electron chi connectivity index (χ3n) is 4.07. The minimum atomic E-state index is 0.0824. The molecule has 0 aromatic heterocycles. The Hall–Kier alpha value is -1.55. The summed E-state index contributed by atoms with van der Waals surface area (Å²) in [4.78, 5) is 14.7. The number of amides is 1. The van der Waals surface area contributed by atoms with Gasteiger partial charge < -0.3 is 15.4 Å². The van der Waals surface area contributed by atoms with E-state index in [1.165, 1.54) is 12.8 Å². The molecular formula is C16H24N2O2. The molecule has 20 heavy (non-hydrogen) atoms. The van der Waals surface area contributed by atoms with Crippen LogP contribution in [0.5, 0.6) is 0 Å². The van der Waals surface area contributed by atoms with Crippen LogP contribution >= 0.6 is 0 Å². The van der Waals surface area contributed by atoms with Gasteiger partial charge in [0.2, 0.25) is 0 Å². The first-order valence-corrected chi connectivity index (χ1v) is 7.20. The number of aryl methyl sites for hydroxylation is 1. The fourth-order valence-electron chi connectivity index (χ4n) is 2.59. The molecular weight excluding hydrogens is 252 g/mol. The van der Waals surface area contributed by atoms with Crippen LogP contribution in [0.1, 0.15) is 35.7 Å². The Labute approximate surface area is 120 Å². The van der Waals surface area contributed by atoms with Crippen LogP contribution in [0.4, 0.5) is 5.69 Å². The largest absolute Gasteiger partial charge is 0.399 e. The van der Waals surface area contributed by atoms with Crippen LogP contribution in [-0.2, 0) is 4.74 Å². The smallest absolute Gasteiger partial charge is 0.254 e. The van der Waals surface area contributed by atoms with Gasteiger partial charge >= 0.3 is 0 Å². The number of hydrogen-bond acceptors (Lipinski definition) is 3. The number of carbonyl (C=O) groups excluding carboxylic acids is 1. The predicted molar refractivity (Wildman–Crippen MR) is 80.7 cm³/mol. The average molecular weight is 276 g/mol. The first-order valence-electron chi connectivity index (χ1n) is 7.20. The highest BCUT2D eigenvalue weighted by Gasteiger charge is 2.34. The van der Waals surface area contributed by atoms with Crippen molar-refractivity contribution in [2.75, 3.05) is 26.0 Å². The molecule has 0 heterocycles. The van der Waals surface area contributed by atoms with E-state index in [-0.39, 0.29) is 11.9 Å². The summed E-state index contributed by atoms with van der Waals surface area (Å²) in [6, 6.07) is 5.74. The lowest BCUT2D eigenvalue weighted by atomic mass is 10.0. The number of anilines is 1. The van der Waals surface area contributed by atoms with E-state index < -0.39 is 0 Å². The topological polar surface area (TPSA) is 55.6 Å². The number of nitrogens with two attached hydrogens (primary N) is 1. The summed E-state index contributed by atoms with van der Waals surface area (Å²) in [7, 11) is 1.67. The highest BCUT2D eigenvalue weighted by atomic mass is 16.5. The van der Waals surface area contributed by atoms with Crippen LogP contribution in [0.2, 0.25) is 0 Å². The molecule has 2 rings (SSSR count). The van der Waals surface area contributed by atoms with E-state index in [0.29, 0.717) is 24.8 Å². The first-order chi connectivity index (χ1) is 9.54. The van der Waals surface area contributed by atoms with E-state index in [4.69, 9.17) is 10.5 Å². The quantitative estimate of drug-likeness (QED) is 0.812. The molecule has 110 valence electrons. The number of ether oxygens (including phenoxy) is 1. The van der Waals surface area contributed by atoms with Crippen molar-refractivity contribution in [2.45, 2.75) is 32.7 Å². The van der Waals surface area contributed by atoms with E-state index in [9.17, 15) is 4.79 Å². The maximum absolute atomic E-state index is 12.8. The van der Waals surface area contributed by atoms with Crippen molar-refractivity contribution in [1.82, 2.24) is 4.90 Å². The van der Waals surface area contributed by atoms with Gasteiger partial charge in [-0.15, -0.1) is 0 Å². The molecule has 1 aromatic rings. The van der Waals surface area contributed by atoms with Crippen LogP contribution in [-0.4, -0.2) is 37.1 Å². The van der Waals surface area contributed by atoms with Gasteiger partial charge in [-0.3, -0.25) is 4.79 Å². The van der Waals surface area contributed by atoms with Crippen molar-refractivity contribution in [1.29, 1.82) is 0 Å². The van der Waals surface area contributed by atoms with Gasteiger partial charge in [0, 0.05) is 30.9 Å². The van der Waals surface area contributed by atoms with Gasteiger partial charge in [0.1, 0.15) is 0 Å². The Bertz CT molecular complexity index is 483. The van der Waals surface area contributed by atoms with Crippen LogP contribution in [0, 0.1) is 12.8 Å². The highest BCUT2D eigenvalue weighted by molar-refractivity contribution is 5.96. The Morgan fingerprint density at radius 2 is 2.20 bits per heavy atom. The number of carbonyl (C=O) groups is 1. The van der Waals surface area contributed by atoms with Gasteiger partial charge in [-0.1, -0.05) is 0 Å². The highest BCUT2D eigenvalue weighted by Crippen LogP contribution is 2.35. The molecule has 0 saturated heterocycles. The first kappa shape index (κ1) is 14.9. The van der Waals surface area contributed by atoms with E-state index in [1.807, 2.05) is 24.0 Å². The molecule has 1 fully saturated rings. The fourth-order valence-corrected chi connectivity index (χ4v) is 2.59. The van der Waals surface area contributed by atoms with Crippen molar-refractivity contribution >= 4 is 11.6 Å². The lowest BCUT2D eigenvalue weighted by Gasteiger charge is -2.30. The zero-order chi connectivity index (χ0) is 14.7. The SMILES string of the molecule is COCCN(C(=O)c1ccc(N)cc1C)C(C)C1CC1. The zero-order valence-corrected chi connectivity index (χ0v) is 12.6. The van der Waals surface area contributed by atoms with Crippen LogP contribution < -0.4 is 5.73 Å². The molecule has 0 bridgehead atoms. The van der Waals surface area contributed by atoms with Crippen molar-refractivity contribution in [3.05, 3.63) is 29.3 Å². The number of nitrogen functional groups attached to an aromatic ring is 1. The monoisotopic (exact) mass is 276 g/mol. The molecule has 0 spiro atoms. The van der Waals surface area contributed by atoms with Gasteiger partial charge in [0.25, 0.3) is 5.91 Å². The second-order valence-electron chi connectivity index (χ2n) is 5.64. The lowest BCUT2D eigenvalue weighted by Crippen LogP contribution is -2.42. The zero-order valence-electron chi connectivity index (χ0n) is 12.6. The maximum Gasteiger partial charge on any atom is 0.254 e. The Balaban J connectivity index is 2.20. The summed E-state index contributed by atoms with van der Waals surface area (Å²) >= 11 is 0. The van der Waals surface area contributed by atoms with Gasteiger partial charge in [-0.05, 0) is 56.4 Å². The van der Waals surface area contributed by atoms with Gasteiger partial charge in [-0.2, -0.15) is 0 Å². The number of rotatable bonds is 6.